The Hall–Kier alpha value is -1.51. The number of rotatable bonds is 6. The highest BCUT2D eigenvalue weighted by atomic mass is 32.2. The lowest BCUT2D eigenvalue weighted by Gasteiger charge is -2.37. The lowest BCUT2D eigenvalue weighted by Crippen LogP contribution is -2.49. The second-order valence-corrected chi connectivity index (χ2v) is 8.46. The largest absolute Gasteiger partial charge is 0.381 e. The first-order chi connectivity index (χ1) is 11.4. The number of ether oxygens (including phenoxy) is 1. The summed E-state index contributed by atoms with van der Waals surface area (Å²) in [5.41, 5.74) is 0.773. The third-order valence-corrected chi connectivity index (χ3v) is 6.16. The van der Waals surface area contributed by atoms with Crippen LogP contribution >= 0.6 is 11.8 Å². The Bertz CT molecular complexity index is 611. The van der Waals surface area contributed by atoms with Crippen molar-refractivity contribution in [3.63, 3.8) is 0 Å². The number of benzene rings is 1. The van der Waals surface area contributed by atoms with Crippen LogP contribution in [0.5, 0.6) is 0 Å². The third kappa shape index (κ3) is 4.31. The fourth-order valence-electron chi connectivity index (χ4n) is 2.99. The molecule has 0 aliphatic carbocycles. The maximum absolute atomic E-state index is 12.8. The number of hydrogen-bond acceptors (Lipinski definition) is 4. The molecule has 0 radical (unpaired) electrons. The molecule has 0 spiro atoms. The monoisotopic (exact) mass is 346 g/mol. The van der Waals surface area contributed by atoms with Gasteiger partial charge in [-0.05, 0) is 50.1 Å². The van der Waals surface area contributed by atoms with Crippen LogP contribution < -0.4 is 5.32 Å². The molecule has 1 aromatic carbocycles. The summed E-state index contributed by atoms with van der Waals surface area (Å²) < 4.78 is 5.56. The normalized spacial score (nSPS) is 17.1. The van der Waals surface area contributed by atoms with Crippen molar-refractivity contribution in [3.8, 4) is 6.07 Å². The van der Waals surface area contributed by atoms with Gasteiger partial charge >= 0.3 is 0 Å². The Labute approximate surface area is 149 Å². The van der Waals surface area contributed by atoms with Crippen molar-refractivity contribution < 1.29 is 9.53 Å². The van der Waals surface area contributed by atoms with Crippen LogP contribution in [0.2, 0.25) is 0 Å². The molecule has 0 saturated carbocycles. The Morgan fingerprint density at radius 1 is 1.42 bits per heavy atom. The van der Waals surface area contributed by atoms with Gasteiger partial charge in [0.25, 0.3) is 0 Å². The molecule has 1 heterocycles. The topological polar surface area (TPSA) is 62.1 Å². The fraction of sp³-hybridized carbons (Fsp3) is 0.579. The van der Waals surface area contributed by atoms with Crippen molar-refractivity contribution in [1.29, 1.82) is 5.26 Å². The van der Waals surface area contributed by atoms with E-state index in [1.165, 1.54) is 0 Å². The van der Waals surface area contributed by atoms with Gasteiger partial charge in [0.1, 0.15) is 0 Å². The van der Waals surface area contributed by atoms with Gasteiger partial charge in [0.2, 0.25) is 5.91 Å². The number of nitriles is 1. The fourth-order valence-corrected chi connectivity index (χ4v) is 4.23. The lowest BCUT2D eigenvalue weighted by atomic mass is 9.82. The summed E-state index contributed by atoms with van der Waals surface area (Å²) in [5.74, 6) is 1.03. The molecular formula is C19H26N2O2S. The minimum atomic E-state index is -0.671. The van der Waals surface area contributed by atoms with Crippen molar-refractivity contribution >= 4 is 17.7 Å². The molecule has 1 N–H and O–H groups in total. The Morgan fingerprint density at radius 3 is 2.75 bits per heavy atom. The minimum Gasteiger partial charge on any atom is -0.381 e. The molecule has 1 aliphatic rings. The standard InChI is InChI=1S/C19H26N2O2S/c1-4-24-19(8-10-23-11-9-19)14-21-17(22)18(2,3)16-7-5-6-15(12-16)13-20/h5-7,12H,4,8-11,14H2,1-3H3,(H,21,22). The molecule has 4 nitrogen and oxygen atoms in total. The summed E-state index contributed by atoms with van der Waals surface area (Å²) in [6.45, 7) is 8.15. The van der Waals surface area contributed by atoms with Crippen molar-refractivity contribution in [3.05, 3.63) is 35.4 Å². The molecule has 1 amide bonds. The van der Waals surface area contributed by atoms with E-state index in [0.717, 1.165) is 37.4 Å². The van der Waals surface area contributed by atoms with Crippen molar-refractivity contribution in [1.82, 2.24) is 5.32 Å². The summed E-state index contributed by atoms with van der Waals surface area (Å²) >= 11 is 1.92. The number of thioether (sulfide) groups is 1. The van der Waals surface area contributed by atoms with Gasteiger partial charge in [-0.15, -0.1) is 0 Å². The smallest absolute Gasteiger partial charge is 0.230 e. The van der Waals surface area contributed by atoms with Gasteiger partial charge < -0.3 is 10.1 Å². The number of carbonyl (C=O) groups is 1. The van der Waals surface area contributed by atoms with Crippen LogP contribution in [-0.2, 0) is 14.9 Å². The maximum Gasteiger partial charge on any atom is 0.230 e. The first-order valence-corrected chi connectivity index (χ1v) is 9.43. The zero-order chi connectivity index (χ0) is 17.6. The van der Waals surface area contributed by atoms with Crippen LogP contribution in [-0.4, -0.2) is 36.2 Å². The van der Waals surface area contributed by atoms with Crippen LogP contribution in [0.15, 0.2) is 24.3 Å². The first-order valence-electron chi connectivity index (χ1n) is 8.44. The Morgan fingerprint density at radius 2 is 2.12 bits per heavy atom. The van der Waals surface area contributed by atoms with Crippen LogP contribution in [0.1, 0.15) is 44.7 Å². The molecule has 2 rings (SSSR count). The summed E-state index contributed by atoms with van der Waals surface area (Å²) in [6, 6.07) is 9.43. The lowest BCUT2D eigenvalue weighted by molar-refractivity contribution is -0.125. The molecule has 0 bridgehead atoms. The SMILES string of the molecule is CCSC1(CNC(=O)C(C)(C)c2cccc(C#N)c2)CCOCC1. The number of nitrogens with one attached hydrogen (secondary N) is 1. The minimum absolute atomic E-state index is 0.000148. The summed E-state index contributed by atoms with van der Waals surface area (Å²) in [6.07, 6.45) is 1.94. The van der Waals surface area contributed by atoms with Crippen LogP contribution in [0, 0.1) is 11.3 Å². The van der Waals surface area contributed by atoms with Gasteiger partial charge in [0.05, 0.1) is 17.0 Å². The van der Waals surface area contributed by atoms with E-state index in [9.17, 15) is 4.79 Å². The molecule has 1 fully saturated rings. The highest BCUT2D eigenvalue weighted by Crippen LogP contribution is 2.35. The number of hydrogen-bond donors (Lipinski definition) is 1. The van der Waals surface area contributed by atoms with Gasteiger partial charge in [-0.3, -0.25) is 4.79 Å². The van der Waals surface area contributed by atoms with Gasteiger partial charge in [-0.25, -0.2) is 0 Å². The van der Waals surface area contributed by atoms with E-state index in [4.69, 9.17) is 10.00 Å². The zero-order valence-corrected chi connectivity index (χ0v) is 15.5. The van der Waals surface area contributed by atoms with E-state index >= 15 is 0 Å². The van der Waals surface area contributed by atoms with Crippen molar-refractivity contribution in [2.75, 3.05) is 25.5 Å². The van der Waals surface area contributed by atoms with E-state index in [0.29, 0.717) is 12.1 Å². The molecule has 5 heteroatoms. The Kier molecular flexibility index (Phi) is 6.31. The van der Waals surface area contributed by atoms with E-state index in [-0.39, 0.29) is 10.7 Å². The maximum atomic E-state index is 12.8. The van der Waals surface area contributed by atoms with Crippen molar-refractivity contribution in [2.24, 2.45) is 0 Å². The Balaban J connectivity index is 2.08. The predicted molar refractivity (Wildman–Crippen MR) is 98.1 cm³/mol. The summed E-state index contributed by atoms with van der Waals surface area (Å²) in [4.78, 5) is 12.8. The molecule has 1 aromatic rings. The molecule has 0 atom stereocenters. The van der Waals surface area contributed by atoms with Gasteiger partial charge in [-0.1, -0.05) is 19.1 Å². The number of carbonyl (C=O) groups excluding carboxylic acids is 1. The van der Waals surface area contributed by atoms with E-state index in [1.807, 2.05) is 37.7 Å². The predicted octanol–water partition coefficient (Wildman–Crippen LogP) is 3.25. The summed E-state index contributed by atoms with van der Waals surface area (Å²) in [5, 5.41) is 12.2. The molecule has 0 aromatic heterocycles. The van der Waals surface area contributed by atoms with Crippen LogP contribution in [0.25, 0.3) is 0 Å². The summed E-state index contributed by atoms with van der Waals surface area (Å²) in [7, 11) is 0. The van der Waals surface area contributed by atoms with Crippen LogP contribution in [0.3, 0.4) is 0 Å². The highest BCUT2D eigenvalue weighted by Gasteiger charge is 2.36. The third-order valence-electron chi connectivity index (χ3n) is 4.71. The second kappa shape index (κ2) is 8.04. The van der Waals surface area contributed by atoms with Crippen molar-refractivity contribution in [2.45, 2.75) is 43.8 Å². The average Bonchev–Trinajstić information content (AvgIpc) is 2.60. The first kappa shape index (κ1) is 18.8. The van der Waals surface area contributed by atoms with Crippen LogP contribution in [0.4, 0.5) is 0 Å². The molecular weight excluding hydrogens is 320 g/mol. The molecule has 1 saturated heterocycles. The van der Waals surface area contributed by atoms with E-state index < -0.39 is 5.41 Å². The molecule has 24 heavy (non-hydrogen) atoms. The van der Waals surface area contributed by atoms with E-state index in [1.54, 1.807) is 12.1 Å². The van der Waals surface area contributed by atoms with Gasteiger partial charge in [0.15, 0.2) is 0 Å². The second-order valence-electron chi connectivity index (χ2n) is 6.73. The quantitative estimate of drug-likeness (QED) is 0.859. The number of amides is 1. The molecule has 0 unspecified atom stereocenters. The van der Waals surface area contributed by atoms with Gasteiger partial charge in [-0.2, -0.15) is 17.0 Å². The highest BCUT2D eigenvalue weighted by molar-refractivity contribution is 8.00. The van der Waals surface area contributed by atoms with E-state index in [2.05, 4.69) is 18.3 Å². The zero-order valence-electron chi connectivity index (χ0n) is 14.7. The average molecular weight is 346 g/mol. The number of nitrogens with zero attached hydrogens (tertiary/aromatic N) is 1. The molecule has 1 aliphatic heterocycles. The van der Waals surface area contributed by atoms with Gasteiger partial charge in [0, 0.05) is 24.5 Å². The molecule has 130 valence electrons.